The first-order valence-corrected chi connectivity index (χ1v) is 12.2. The van der Waals surface area contributed by atoms with Crippen molar-refractivity contribution in [3.63, 3.8) is 0 Å². The van der Waals surface area contributed by atoms with Gasteiger partial charge in [0, 0.05) is 20.5 Å². The second-order valence-electron chi connectivity index (χ2n) is 8.84. The van der Waals surface area contributed by atoms with E-state index < -0.39 is 6.04 Å². The van der Waals surface area contributed by atoms with Crippen LogP contribution in [0.3, 0.4) is 0 Å². The van der Waals surface area contributed by atoms with Gasteiger partial charge in [-0.25, -0.2) is 0 Å². The summed E-state index contributed by atoms with van der Waals surface area (Å²) in [5.41, 5.74) is 2.77. The molecule has 1 fully saturated rings. The minimum atomic E-state index is -0.426. The Morgan fingerprint density at radius 1 is 1.00 bits per heavy atom. The molecule has 8 nitrogen and oxygen atoms in total. The van der Waals surface area contributed by atoms with Gasteiger partial charge in [0.15, 0.2) is 0 Å². The number of nitrogens with zero attached hydrogens (tertiary/aromatic N) is 2. The number of carbonyl (C=O) groups is 3. The highest BCUT2D eigenvalue weighted by molar-refractivity contribution is 6.02. The monoisotopic (exact) mass is 459 g/mol. The average Bonchev–Trinajstić information content (AvgIpc) is 2.81. The molecule has 2 rings (SSSR count). The minimum absolute atomic E-state index is 0.231. The molecule has 184 valence electrons. The summed E-state index contributed by atoms with van der Waals surface area (Å²) in [7, 11) is 5.54. The largest absolute Gasteiger partial charge is 0.361 e. The number of likely N-dealkylation sites (N-methyl/N-ethyl adjacent to an activating group) is 1. The fourth-order valence-corrected chi connectivity index (χ4v) is 4.21. The van der Waals surface area contributed by atoms with Gasteiger partial charge in [-0.1, -0.05) is 25.3 Å². The predicted octanol–water partition coefficient (Wildman–Crippen LogP) is 2.21. The molecule has 0 saturated carbocycles. The Morgan fingerprint density at radius 2 is 1.73 bits per heavy atom. The fourth-order valence-electron chi connectivity index (χ4n) is 4.21. The standard InChI is InChI=1S/C25H41N5O3/c1-26-15-9-17-27-16-8-6-4-5-7-10-20-11-12-21(23(18-20)29(2)19-31)30(3)22-13-14-24(32)28-25(22)33/h11-12,18-19,22,26-27H,4-10,13-17H2,1-3H3,(H,28,32,33). The van der Waals surface area contributed by atoms with Crippen LogP contribution in [-0.2, 0) is 20.8 Å². The summed E-state index contributed by atoms with van der Waals surface area (Å²) < 4.78 is 0. The van der Waals surface area contributed by atoms with Crippen LogP contribution in [0.5, 0.6) is 0 Å². The van der Waals surface area contributed by atoms with Gasteiger partial charge in [-0.3, -0.25) is 19.7 Å². The fraction of sp³-hybridized carbons (Fsp3) is 0.640. The van der Waals surface area contributed by atoms with Crippen molar-refractivity contribution in [1.82, 2.24) is 16.0 Å². The summed E-state index contributed by atoms with van der Waals surface area (Å²) in [6, 6.07) is 5.68. The highest BCUT2D eigenvalue weighted by Gasteiger charge is 2.31. The van der Waals surface area contributed by atoms with Gasteiger partial charge in [-0.2, -0.15) is 0 Å². The van der Waals surface area contributed by atoms with Gasteiger partial charge in [0.25, 0.3) is 0 Å². The van der Waals surface area contributed by atoms with Crippen LogP contribution in [0.1, 0.15) is 56.9 Å². The van der Waals surface area contributed by atoms with E-state index >= 15 is 0 Å². The molecule has 1 aromatic carbocycles. The Bertz CT molecular complexity index is 770. The summed E-state index contributed by atoms with van der Waals surface area (Å²) in [5.74, 6) is -0.517. The Labute approximate surface area is 198 Å². The molecule has 0 spiro atoms. The van der Waals surface area contributed by atoms with E-state index in [1.807, 2.05) is 31.1 Å². The van der Waals surface area contributed by atoms with E-state index in [4.69, 9.17) is 0 Å². The van der Waals surface area contributed by atoms with Crippen molar-refractivity contribution in [2.24, 2.45) is 0 Å². The van der Waals surface area contributed by atoms with Gasteiger partial charge in [-0.05, 0) is 76.5 Å². The highest BCUT2D eigenvalue weighted by Crippen LogP contribution is 2.32. The zero-order chi connectivity index (χ0) is 24.1. The molecule has 1 aliphatic rings. The Hall–Kier alpha value is -2.45. The van der Waals surface area contributed by atoms with E-state index in [1.165, 1.54) is 37.7 Å². The van der Waals surface area contributed by atoms with E-state index in [-0.39, 0.29) is 11.8 Å². The number of hydrogen-bond donors (Lipinski definition) is 3. The number of nitrogens with one attached hydrogen (secondary N) is 3. The molecule has 0 bridgehead atoms. The third kappa shape index (κ3) is 8.78. The number of amides is 3. The molecule has 0 radical (unpaired) electrons. The Kier molecular flexibility index (Phi) is 11.9. The van der Waals surface area contributed by atoms with Crippen LogP contribution in [0.2, 0.25) is 0 Å². The molecule has 33 heavy (non-hydrogen) atoms. The SMILES string of the molecule is CNCCCNCCCCCCCc1ccc(N(C)C2CCC(=O)NC2=O)c(N(C)C=O)c1. The van der Waals surface area contributed by atoms with Crippen LogP contribution >= 0.6 is 0 Å². The summed E-state index contributed by atoms with van der Waals surface area (Å²) in [5, 5.41) is 9.05. The van der Waals surface area contributed by atoms with E-state index in [1.54, 1.807) is 11.9 Å². The third-order valence-corrected chi connectivity index (χ3v) is 6.23. The normalized spacial score (nSPS) is 15.9. The molecule has 1 atom stereocenters. The lowest BCUT2D eigenvalue weighted by atomic mass is 10.0. The first kappa shape index (κ1) is 26.8. The topological polar surface area (TPSA) is 93.8 Å². The van der Waals surface area contributed by atoms with E-state index in [2.05, 4.69) is 22.0 Å². The van der Waals surface area contributed by atoms with Crippen LogP contribution in [0.15, 0.2) is 18.2 Å². The molecule has 3 N–H and O–H groups in total. The molecule has 1 unspecified atom stereocenters. The average molecular weight is 460 g/mol. The second-order valence-corrected chi connectivity index (χ2v) is 8.84. The molecule has 3 amide bonds. The number of hydrogen-bond acceptors (Lipinski definition) is 6. The Morgan fingerprint density at radius 3 is 2.45 bits per heavy atom. The van der Waals surface area contributed by atoms with Crippen molar-refractivity contribution < 1.29 is 14.4 Å². The molecule has 0 aromatic heterocycles. The lowest BCUT2D eigenvalue weighted by molar-refractivity contribution is -0.134. The smallest absolute Gasteiger partial charge is 0.249 e. The summed E-state index contributed by atoms with van der Waals surface area (Å²) in [4.78, 5) is 38.7. The number of piperidine rings is 1. The van der Waals surface area contributed by atoms with Crippen molar-refractivity contribution >= 4 is 29.6 Å². The van der Waals surface area contributed by atoms with Gasteiger partial charge in [0.2, 0.25) is 18.2 Å². The molecule has 1 heterocycles. The van der Waals surface area contributed by atoms with Gasteiger partial charge in [-0.15, -0.1) is 0 Å². The van der Waals surface area contributed by atoms with Gasteiger partial charge in [0.1, 0.15) is 6.04 Å². The van der Waals surface area contributed by atoms with Crippen molar-refractivity contribution in [1.29, 1.82) is 0 Å². The second kappa shape index (κ2) is 14.6. The molecule has 1 aliphatic heterocycles. The molecule has 1 aromatic rings. The maximum absolute atomic E-state index is 12.3. The van der Waals surface area contributed by atoms with Crippen molar-refractivity contribution in [2.75, 3.05) is 50.6 Å². The van der Waals surface area contributed by atoms with E-state index in [0.717, 1.165) is 50.3 Å². The van der Waals surface area contributed by atoms with Crippen LogP contribution in [0.4, 0.5) is 11.4 Å². The third-order valence-electron chi connectivity index (χ3n) is 6.23. The maximum atomic E-state index is 12.3. The summed E-state index contributed by atoms with van der Waals surface area (Å²) in [6.45, 7) is 3.23. The number of anilines is 2. The van der Waals surface area contributed by atoms with E-state index in [9.17, 15) is 14.4 Å². The van der Waals surface area contributed by atoms with Crippen LogP contribution in [0.25, 0.3) is 0 Å². The van der Waals surface area contributed by atoms with Crippen molar-refractivity contribution in [2.45, 2.75) is 63.8 Å². The maximum Gasteiger partial charge on any atom is 0.249 e. The molecule has 0 aliphatic carbocycles. The van der Waals surface area contributed by atoms with E-state index in [0.29, 0.717) is 12.8 Å². The predicted molar refractivity (Wildman–Crippen MR) is 134 cm³/mol. The lowest BCUT2D eigenvalue weighted by Crippen LogP contribution is -2.51. The zero-order valence-corrected chi connectivity index (χ0v) is 20.5. The van der Waals surface area contributed by atoms with Crippen LogP contribution in [-0.4, -0.2) is 65.0 Å². The zero-order valence-electron chi connectivity index (χ0n) is 20.5. The van der Waals surface area contributed by atoms with Gasteiger partial charge in [0.05, 0.1) is 11.4 Å². The first-order chi connectivity index (χ1) is 16.0. The number of rotatable bonds is 16. The minimum Gasteiger partial charge on any atom is -0.361 e. The molecular weight excluding hydrogens is 418 g/mol. The van der Waals surface area contributed by atoms with Crippen molar-refractivity contribution in [3.05, 3.63) is 23.8 Å². The number of unbranched alkanes of at least 4 members (excludes halogenated alkanes) is 4. The number of aryl methyl sites for hydroxylation is 1. The van der Waals surface area contributed by atoms with Crippen LogP contribution < -0.4 is 25.8 Å². The van der Waals surface area contributed by atoms with Gasteiger partial charge >= 0.3 is 0 Å². The lowest BCUT2D eigenvalue weighted by Gasteiger charge is -2.33. The quantitative estimate of drug-likeness (QED) is 0.199. The first-order valence-electron chi connectivity index (χ1n) is 12.2. The molecular formula is C25H41N5O3. The molecule has 1 saturated heterocycles. The highest BCUT2D eigenvalue weighted by atomic mass is 16.2. The summed E-state index contributed by atoms with van der Waals surface area (Å²) in [6.07, 6.45) is 9.71. The number of benzene rings is 1. The number of carbonyl (C=O) groups excluding carboxylic acids is 3. The van der Waals surface area contributed by atoms with Crippen molar-refractivity contribution in [3.8, 4) is 0 Å². The molecule has 8 heteroatoms. The van der Waals surface area contributed by atoms with Gasteiger partial charge < -0.3 is 20.4 Å². The Balaban J connectivity index is 1.83. The number of imide groups is 1. The van der Waals surface area contributed by atoms with Crippen LogP contribution in [0, 0.1) is 0 Å². The summed E-state index contributed by atoms with van der Waals surface area (Å²) >= 11 is 0.